The van der Waals surface area contributed by atoms with E-state index in [2.05, 4.69) is 142 Å². The molecule has 0 saturated heterocycles. The molecular weight excluding hydrogens is 647 g/mol. The molecule has 248 valence electrons. The van der Waals surface area contributed by atoms with Gasteiger partial charge in [-0.3, -0.25) is 9.97 Å². The molecule has 0 radical (unpaired) electrons. The molecule has 0 bridgehead atoms. The van der Waals surface area contributed by atoms with Gasteiger partial charge in [-0.2, -0.15) is 0 Å². The fourth-order valence-electron chi connectivity index (χ4n) is 7.28. The van der Waals surface area contributed by atoms with E-state index < -0.39 is 0 Å². The van der Waals surface area contributed by atoms with Crippen molar-refractivity contribution in [2.45, 2.75) is 0 Å². The minimum atomic E-state index is 0.927. The van der Waals surface area contributed by atoms with Crippen LogP contribution in [0.2, 0.25) is 0 Å². The Morgan fingerprint density at radius 2 is 0.943 bits per heavy atom. The second-order valence-electron chi connectivity index (χ2n) is 13.2. The summed E-state index contributed by atoms with van der Waals surface area (Å²) in [5.74, 6) is 0. The van der Waals surface area contributed by atoms with Crippen LogP contribution in [0.25, 0.3) is 94.6 Å². The van der Waals surface area contributed by atoms with Crippen LogP contribution >= 0.6 is 0 Å². The van der Waals surface area contributed by atoms with Gasteiger partial charge in [0.1, 0.15) is 5.65 Å². The minimum absolute atomic E-state index is 0.927. The maximum absolute atomic E-state index is 5.20. The van der Waals surface area contributed by atoms with Crippen molar-refractivity contribution in [3.05, 3.63) is 189 Å². The molecule has 10 aromatic rings. The van der Waals surface area contributed by atoms with E-state index in [4.69, 9.17) is 9.97 Å². The van der Waals surface area contributed by atoms with Crippen molar-refractivity contribution in [3.8, 4) is 67.3 Å². The third-order valence-electron chi connectivity index (χ3n) is 9.92. The highest BCUT2D eigenvalue weighted by molar-refractivity contribution is 6.16. The number of rotatable bonds is 6. The normalized spacial score (nSPS) is 11.4. The summed E-state index contributed by atoms with van der Waals surface area (Å²) in [6, 6.07) is 57.0. The van der Waals surface area contributed by atoms with Crippen LogP contribution < -0.4 is 0 Å². The van der Waals surface area contributed by atoms with E-state index in [-0.39, 0.29) is 0 Å². The molecule has 0 saturated carbocycles. The van der Waals surface area contributed by atoms with E-state index in [1.807, 2.05) is 60.9 Å². The molecule has 0 aliphatic rings. The minimum Gasteiger partial charge on any atom is -0.306 e. The Labute approximate surface area is 306 Å². The first-order chi connectivity index (χ1) is 26.2. The first-order valence-corrected chi connectivity index (χ1v) is 17.7. The van der Waals surface area contributed by atoms with Crippen LogP contribution in [-0.2, 0) is 0 Å². The van der Waals surface area contributed by atoms with Crippen LogP contribution in [0.15, 0.2) is 189 Å². The van der Waals surface area contributed by atoms with Crippen LogP contribution in [0, 0.1) is 0 Å². The summed E-state index contributed by atoms with van der Waals surface area (Å²) in [7, 11) is 0. The smallest absolute Gasteiger partial charge is 0.146 e. The summed E-state index contributed by atoms with van der Waals surface area (Å²) in [6.45, 7) is 0. The summed E-state index contributed by atoms with van der Waals surface area (Å²) in [5.41, 5.74) is 14.5. The van der Waals surface area contributed by atoms with Gasteiger partial charge in [-0.15, -0.1) is 0 Å². The van der Waals surface area contributed by atoms with Gasteiger partial charge in [0.05, 0.1) is 28.3 Å². The first-order valence-electron chi connectivity index (χ1n) is 17.7. The summed E-state index contributed by atoms with van der Waals surface area (Å²) in [4.78, 5) is 19.6. The number of nitrogens with zero attached hydrogens (tertiary/aromatic N) is 5. The fraction of sp³-hybridized carbons (Fsp3) is 0. The van der Waals surface area contributed by atoms with Gasteiger partial charge < -0.3 is 4.40 Å². The van der Waals surface area contributed by atoms with E-state index in [1.165, 1.54) is 0 Å². The van der Waals surface area contributed by atoms with Gasteiger partial charge in [0.15, 0.2) is 0 Å². The second-order valence-corrected chi connectivity index (χ2v) is 13.2. The van der Waals surface area contributed by atoms with Gasteiger partial charge in [-0.1, -0.05) is 109 Å². The summed E-state index contributed by atoms with van der Waals surface area (Å²) >= 11 is 0. The molecule has 0 aliphatic heterocycles. The lowest BCUT2D eigenvalue weighted by Crippen LogP contribution is -1.93. The van der Waals surface area contributed by atoms with Gasteiger partial charge >= 0.3 is 0 Å². The second kappa shape index (κ2) is 12.8. The highest BCUT2D eigenvalue weighted by atomic mass is 15.0. The Balaban J connectivity index is 1.01. The lowest BCUT2D eigenvalue weighted by atomic mass is 9.94. The summed E-state index contributed by atoms with van der Waals surface area (Å²) < 4.78 is 2.13. The molecule has 0 spiro atoms. The quantitative estimate of drug-likeness (QED) is 0.164. The number of aromatic nitrogens is 5. The van der Waals surface area contributed by atoms with Crippen LogP contribution in [0.3, 0.4) is 0 Å². The average molecular weight is 678 g/mol. The number of imidazole rings is 1. The highest BCUT2D eigenvalue weighted by Gasteiger charge is 2.16. The molecule has 0 atom stereocenters. The molecule has 10 rings (SSSR count). The summed E-state index contributed by atoms with van der Waals surface area (Å²) in [5, 5.41) is 3.28. The predicted octanol–water partition coefficient (Wildman–Crippen LogP) is 11.8. The number of para-hydroxylation sites is 1. The van der Waals surface area contributed by atoms with Gasteiger partial charge in [-0.05, 0) is 76.9 Å². The molecule has 0 N–H and O–H groups in total. The molecule has 0 aliphatic carbocycles. The Hall–Kier alpha value is -7.24. The van der Waals surface area contributed by atoms with Crippen molar-refractivity contribution >= 4 is 27.3 Å². The molecule has 0 fully saturated rings. The van der Waals surface area contributed by atoms with Gasteiger partial charge in [0, 0.05) is 63.2 Å². The molecule has 5 nitrogen and oxygen atoms in total. The molecule has 0 amide bonds. The van der Waals surface area contributed by atoms with Crippen LogP contribution in [0.1, 0.15) is 0 Å². The highest BCUT2D eigenvalue weighted by Crippen LogP contribution is 2.37. The van der Waals surface area contributed by atoms with Crippen molar-refractivity contribution in [2.75, 3.05) is 0 Å². The monoisotopic (exact) mass is 677 g/mol. The average Bonchev–Trinajstić information content (AvgIpc) is 3.69. The maximum Gasteiger partial charge on any atom is 0.146 e. The maximum atomic E-state index is 5.20. The Morgan fingerprint density at radius 3 is 1.58 bits per heavy atom. The standard InChI is InChI=1S/C48H31N5/c1-2-10-35(11-3-1)45-31-53-27-24-41-46(48(53)52-45)40-12-4-5-15-44(40)51-47(41)36-22-20-33(21-23-36)32-16-18-34(19-17-32)37-28-38(42-13-6-8-25-49-42)30-39(29-37)43-14-7-9-26-50-43/h1-31H. The molecule has 0 unspecified atom stereocenters. The van der Waals surface area contributed by atoms with Gasteiger partial charge in [0.25, 0.3) is 0 Å². The summed E-state index contributed by atoms with van der Waals surface area (Å²) in [6.07, 6.45) is 7.87. The zero-order chi connectivity index (χ0) is 35.1. The van der Waals surface area contributed by atoms with E-state index in [9.17, 15) is 0 Å². The molecular formula is C48H31N5. The van der Waals surface area contributed by atoms with Crippen molar-refractivity contribution < 1.29 is 0 Å². The van der Waals surface area contributed by atoms with Gasteiger partial charge in [-0.25, -0.2) is 9.97 Å². The fourth-order valence-corrected chi connectivity index (χ4v) is 7.28. The topological polar surface area (TPSA) is 56.0 Å². The predicted molar refractivity (Wildman–Crippen MR) is 216 cm³/mol. The molecule has 5 heterocycles. The van der Waals surface area contributed by atoms with E-state index in [0.29, 0.717) is 0 Å². The van der Waals surface area contributed by atoms with Crippen molar-refractivity contribution in [1.82, 2.24) is 24.3 Å². The molecule has 5 heteroatoms. The van der Waals surface area contributed by atoms with Crippen molar-refractivity contribution in [1.29, 1.82) is 0 Å². The SMILES string of the molecule is c1ccc(-c2cn3ccc4c(-c5ccc(-c6ccc(-c7cc(-c8ccccn8)cc(-c8ccccn8)c7)cc6)cc5)nc5ccccc5c4c3n2)cc1. The zero-order valence-electron chi connectivity index (χ0n) is 28.6. The number of fused-ring (bicyclic) bond motifs is 5. The first kappa shape index (κ1) is 30.6. The third kappa shape index (κ3) is 5.61. The van der Waals surface area contributed by atoms with E-state index >= 15 is 0 Å². The third-order valence-corrected chi connectivity index (χ3v) is 9.92. The van der Waals surface area contributed by atoms with Crippen LogP contribution in [-0.4, -0.2) is 24.3 Å². The zero-order valence-corrected chi connectivity index (χ0v) is 28.6. The number of benzene rings is 5. The number of pyridine rings is 4. The largest absolute Gasteiger partial charge is 0.306 e. The Bertz CT molecular complexity index is 2840. The Morgan fingerprint density at radius 1 is 0.377 bits per heavy atom. The van der Waals surface area contributed by atoms with E-state index in [1.54, 1.807) is 0 Å². The lowest BCUT2D eigenvalue weighted by Gasteiger charge is -2.12. The van der Waals surface area contributed by atoms with E-state index in [0.717, 1.165) is 94.6 Å². The molecule has 53 heavy (non-hydrogen) atoms. The van der Waals surface area contributed by atoms with Gasteiger partial charge in [0.2, 0.25) is 0 Å². The van der Waals surface area contributed by atoms with Crippen molar-refractivity contribution in [3.63, 3.8) is 0 Å². The Kier molecular flexibility index (Phi) is 7.40. The lowest BCUT2D eigenvalue weighted by molar-refractivity contribution is 1.20. The molecule has 5 aromatic heterocycles. The number of hydrogen-bond acceptors (Lipinski definition) is 4. The molecule has 5 aromatic carbocycles. The van der Waals surface area contributed by atoms with Crippen LogP contribution in [0.5, 0.6) is 0 Å². The van der Waals surface area contributed by atoms with Crippen molar-refractivity contribution in [2.24, 2.45) is 0 Å². The van der Waals surface area contributed by atoms with Crippen LogP contribution in [0.4, 0.5) is 0 Å². The number of hydrogen-bond donors (Lipinski definition) is 0.